The number of rotatable bonds is 74. The second kappa shape index (κ2) is 68.3. The number of phosphoric ester groups is 2. The van der Waals surface area contributed by atoms with Crippen molar-refractivity contribution in [1.29, 1.82) is 0 Å². The summed E-state index contributed by atoms with van der Waals surface area (Å²) >= 11 is 0. The van der Waals surface area contributed by atoms with Gasteiger partial charge in [-0.3, -0.25) is 37.3 Å². The molecule has 0 amide bonds. The van der Waals surface area contributed by atoms with Gasteiger partial charge < -0.3 is 33.8 Å². The minimum atomic E-state index is -4.97. The summed E-state index contributed by atoms with van der Waals surface area (Å²) in [6, 6.07) is 0. The van der Waals surface area contributed by atoms with Crippen molar-refractivity contribution in [3.63, 3.8) is 0 Å². The molecule has 0 spiro atoms. The van der Waals surface area contributed by atoms with Gasteiger partial charge in [0.1, 0.15) is 19.3 Å². The summed E-state index contributed by atoms with van der Waals surface area (Å²) in [5.74, 6) is -0.612. The van der Waals surface area contributed by atoms with Crippen LogP contribution in [0.5, 0.6) is 0 Å². The maximum Gasteiger partial charge on any atom is 0.472 e. The van der Waals surface area contributed by atoms with Gasteiger partial charge in [-0.2, -0.15) is 0 Å². The van der Waals surface area contributed by atoms with E-state index in [9.17, 15) is 43.2 Å². The quantitative estimate of drug-likeness (QED) is 0.0169. The Bertz CT molecular complexity index is 1950. The normalized spacial score (nSPS) is 14.4. The standard InChI is InChI=1S/C77H146O17P2/c1-7-10-12-14-16-18-20-21-26-30-33-37-41-48-54-60-75(80)87-65-72(93-76(81)61-55-49-42-38-34-31-28-25-23-22-24-27-29-32-35-39-45-51-57-69(4)5)67-91-95(83,84)89-63-71(78)64-90-96(85,86)92-68-73(94-77(82)62-56-50-44-43-46-52-58-70(6)9-3)66-88-74(79)59-53-47-40-36-19-17-15-13-11-8-2/h18,20-21,26,69-73,78H,7-17,19,22-25,27-68H2,1-6H3,(H,83,84)(H,85,86)/b20-18-,26-21-/t70?,71-,72-,73-/m1/s1. The largest absolute Gasteiger partial charge is 0.472 e. The van der Waals surface area contributed by atoms with Crippen LogP contribution in [0.4, 0.5) is 0 Å². The molecule has 0 rings (SSSR count). The predicted molar refractivity (Wildman–Crippen MR) is 391 cm³/mol. The summed E-state index contributed by atoms with van der Waals surface area (Å²) in [5.41, 5.74) is 0. The smallest absolute Gasteiger partial charge is 0.462 e. The van der Waals surface area contributed by atoms with Crippen LogP contribution in [0.3, 0.4) is 0 Å². The fourth-order valence-corrected chi connectivity index (χ4v) is 12.8. The van der Waals surface area contributed by atoms with Gasteiger partial charge in [0.2, 0.25) is 0 Å². The van der Waals surface area contributed by atoms with Gasteiger partial charge >= 0.3 is 39.5 Å². The number of carbonyl (C=O) groups excluding carboxylic acids is 4. The molecule has 19 heteroatoms. The lowest BCUT2D eigenvalue weighted by atomic mass is 10.00. The number of hydrogen-bond donors (Lipinski definition) is 3. The van der Waals surface area contributed by atoms with Gasteiger partial charge in [0.25, 0.3) is 0 Å². The molecule has 0 saturated carbocycles. The number of hydrogen-bond acceptors (Lipinski definition) is 15. The van der Waals surface area contributed by atoms with Crippen molar-refractivity contribution in [2.75, 3.05) is 39.6 Å². The third kappa shape index (κ3) is 68.7. The molecule has 0 aliphatic carbocycles. The zero-order chi connectivity index (χ0) is 70.7. The van der Waals surface area contributed by atoms with Crippen molar-refractivity contribution in [2.24, 2.45) is 11.8 Å². The predicted octanol–water partition coefficient (Wildman–Crippen LogP) is 22.3. The SMILES string of the molecule is CCCCCC/C=C\C=C/CCCCCCCC(=O)OC[C@H](COP(=O)(O)OC[C@@H](O)COP(=O)(O)OC[C@@H](COC(=O)CCCCCCCCCCCC)OC(=O)CCCCCCCCC(C)CC)OC(=O)CCCCCCCCCCCCCCCCCCCCC(C)C. The Kier molecular flexibility index (Phi) is 66.6. The molecule has 0 heterocycles. The van der Waals surface area contributed by atoms with Crippen LogP contribution < -0.4 is 0 Å². The third-order valence-corrected chi connectivity index (χ3v) is 19.6. The first-order chi connectivity index (χ1) is 46.4. The molecule has 17 nitrogen and oxygen atoms in total. The van der Waals surface area contributed by atoms with Gasteiger partial charge in [-0.15, -0.1) is 0 Å². The van der Waals surface area contributed by atoms with Crippen molar-refractivity contribution >= 4 is 39.5 Å². The molecule has 3 N–H and O–H groups in total. The molecule has 0 aromatic rings. The number of phosphoric acid groups is 2. The van der Waals surface area contributed by atoms with Gasteiger partial charge in [-0.05, 0) is 63.2 Å². The first kappa shape index (κ1) is 93.5. The lowest BCUT2D eigenvalue weighted by Crippen LogP contribution is -2.30. The zero-order valence-corrected chi connectivity index (χ0v) is 63.9. The van der Waals surface area contributed by atoms with Crippen LogP contribution in [0.1, 0.15) is 375 Å². The van der Waals surface area contributed by atoms with Gasteiger partial charge in [0.05, 0.1) is 26.4 Å². The molecule has 6 atom stereocenters. The van der Waals surface area contributed by atoms with Crippen LogP contribution in [0, 0.1) is 11.8 Å². The van der Waals surface area contributed by atoms with E-state index in [0.29, 0.717) is 25.7 Å². The molecule has 0 radical (unpaired) electrons. The van der Waals surface area contributed by atoms with E-state index in [4.69, 9.17) is 37.0 Å². The average molecular weight is 1410 g/mol. The van der Waals surface area contributed by atoms with Crippen LogP contribution in [-0.2, 0) is 65.4 Å². The van der Waals surface area contributed by atoms with Crippen molar-refractivity contribution in [2.45, 2.75) is 394 Å². The van der Waals surface area contributed by atoms with E-state index in [-0.39, 0.29) is 25.7 Å². The highest BCUT2D eigenvalue weighted by Crippen LogP contribution is 2.45. The molecule has 0 aliphatic rings. The van der Waals surface area contributed by atoms with Crippen LogP contribution in [0.25, 0.3) is 0 Å². The van der Waals surface area contributed by atoms with E-state index < -0.39 is 97.5 Å². The van der Waals surface area contributed by atoms with E-state index in [0.717, 1.165) is 121 Å². The Hall–Kier alpha value is -2.46. The number of unbranched alkanes of at least 4 members (excludes halogenated alkanes) is 40. The minimum absolute atomic E-state index is 0.101. The highest BCUT2D eigenvalue weighted by Gasteiger charge is 2.30. The molecule has 0 aliphatic heterocycles. The van der Waals surface area contributed by atoms with Gasteiger partial charge in [0, 0.05) is 25.7 Å². The Balaban J connectivity index is 5.23. The summed E-state index contributed by atoms with van der Waals surface area (Å²) in [4.78, 5) is 72.7. The molecular formula is C77H146O17P2. The van der Waals surface area contributed by atoms with E-state index in [1.165, 1.54) is 173 Å². The van der Waals surface area contributed by atoms with Gasteiger partial charge in [-0.1, -0.05) is 323 Å². The molecule has 566 valence electrons. The monoisotopic (exact) mass is 1410 g/mol. The third-order valence-electron chi connectivity index (χ3n) is 17.7. The van der Waals surface area contributed by atoms with Crippen LogP contribution in [0.2, 0.25) is 0 Å². The van der Waals surface area contributed by atoms with Crippen molar-refractivity contribution in [1.82, 2.24) is 0 Å². The van der Waals surface area contributed by atoms with Crippen LogP contribution in [-0.4, -0.2) is 96.7 Å². The van der Waals surface area contributed by atoms with E-state index >= 15 is 0 Å². The number of aliphatic hydroxyl groups is 1. The Morgan fingerprint density at radius 2 is 0.615 bits per heavy atom. The van der Waals surface area contributed by atoms with Crippen molar-refractivity contribution in [3.8, 4) is 0 Å². The molecule has 0 aromatic carbocycles. The number of carbonyl (C=O) groups is 4. The topological polar surface area (TPSA) is 237 Å². The van der Waals surface area contributed by atoms with Crippen molar-refractivity contribution < 1.29 is 80.2 Å². The summed E-state index contributed by atoms with van der Waals surface area (Å²) in [6.07, 6.45) is 59.2. The number of esters is 4. The highest BCUT2D eigenvalue weighted by atomic mass is 31.2. The Labute approximate surface area is 586 Å². The molecule has 0 fully saturated rings. The maximum absolute atomic E-state index is 13.1. The summed E-state index contributed by atoms with van der Waals surface area (Å²) in [6.45, 7) is 9.51. The molecule has 3 unspecified atom stereocenters. The lowest BCUT2D eigenvalue weighted by Gasteiger charge is -2.21. The van der Waals surface area contributed by atoms with Gasteiger partial charge in [0.15, 0.2) is 12.2 Å². The fourth-order valence-electron chi connectivity index (χ4n) is 11.3. The molecule has 0 bridgehead atoms. The van der Waals surface area contributed by atoms with Crippen LogP contribution >= 0.6 is 15.6 Å². The molecular weight excluding hydrogens is 1260 g/mol. The van der Waals surface area contributed by atoms with Crippen LogP contribution in [0.15, 0.2) is 24.3 Å². The molecule has 0 aromatic heterocycles. The second-order valence-electron chi connectivity index (χ2n) is 27.8. The Morgan fingerprint density at radius 3 is 0.938 bits per heavy atom. The van der Waals surface area contributed by atoms with E-state index in [1.807, 2.05) is 0 Å². The summed E-state index contributed by atoms with van der Waals surface area (Å²) < 4.78 is 68.4. The average Bonchev–Trinajstić information content (AvgIpc) is 1.12. The van der Waals surface area contributed by atoms with Crippen molar-refractivity contribution in [3.05, 3.63) is 24.3 Å². The first-order valence-corrected chi connectivity index (χ1v) is 42.3. The fraction of sp³-hybridized carbons (Fsp3) is 0.896. The van der Waals surface area contributed by atoms with Gasteiger partial charge in [-0.25, -0.2) is 9.13 Å². The Morgan fingerprint density at radius 1 is 0.344 bits per heavy atom. The zero-order valence-electron chi connectivity index (χ0n) is 62.2. The number of aliphatic hydroxyl groups excluding tert-OH is 1. The number of allylic oxidation sites excluding steroid dienone is 4. The number of ether oxygens (including phenoxy) is 4. The summed E-state index contributed by atoms with van der Waals surface area (Å²) in [7, 11) is -9.92. The first-order valence-electron chi connectivity index (χ1n) is 39.3. The lowest BCUT2D eigenvalue weighted by molar-refractivity contribution is -0.161. The minimum Gasteiger partial charge on any atom is -0.462 e. The molecule has 0 saturated heterocycles. The maximum atomic E-state index is 13.1. The summed E-state index contributed by atoms with van der Waals surface area (Å²) in [5, 5.41) is 10.6. The van der Waals surface area contributed by atoms with E-state index in [1.54, 1.807) is 0 Å². The second-order valence-corrected chi connectivity index (χ2v) is 30.7. The molecule has 96 heavy (non-hydrogen) atoms. The highest BCUT2D eigenvalue weighted by molar-refractivity contribution is 7.47. The van der Waals surface area contributed by atoms with E-state index in [2.05, 4.69) is 65.8 Å².